The van der Waals surface area contributed by atoms with Crippen LogP contribution in [0.5, 0.6) is 0 Å². The third-order valence-electron chi connectivity index (χ3n) is 6.14. The molecule has 0 radical (unpaired) electrons. The number of benzene rings is 2. The lowest BCUT2D eigenvalue weighted by atomic mass is 9.85. The lowest BCUT2D eigenvalue weighted by molar-refractivity contribution is -0.384. The van der Waals surface area contributed by atoms with E-state index < -0.39 is 0 Å². The minimum absolute atomic E-state index is 0.121. The SMILES string of the molecule is Cc1cccc(C)c1N=c1scc(-c2cccc([N+](=O)[O-])c2)n1C1CCCCC1C. The number of non-ortho nitro benzene ring substituents is 1. The maximum atomic E-state index is 11.3. The van der Waals surface area contributed by atoms with Crippen LogP contribution in [0.15, 0.2) is 52.8 Å². The first-order valence-electron chi connectivity index (χ1n) is 10.5. The molecule has 4 rings (SSSR count). The van der Waals surface area contributed by atoms with Gasteiger partial charge in [-0.1, -0.05) is 50.1 Å². The predicted octanol–water partition coefficient (Wildman–Crippen LogP) is 6.73. The quantitative estimate of drug-likeness (QED) is 0.346. The van der Waals surface area contributed by atoms with Gasteiger partial charge in [0.25, 0.3) is 5.69 Å². The Morgan fingerprint density at radius 1 is 1.10 bits per heavy atom. The molecule has 1 fully saturated rings. The van der Waals surface area contributed by atoms with Gasteiger partial charge < -0.3 is 4.57 Å². The van der Waals surface area contributed by atoms with E-state index in [0.717, 1.165) is 39.3 Å². The van der Waals surface area contributed by atoms with E-state index in [1.165, 1.54) is 19.3 Å². The van der Waals surface area contributed by atoms with Crippen molar-refractivity contribution in [1.29, 1.82) is 0 Å². The first kappa shape index (κ1) is 20.5. The highest BCUT2D eigenvalue weighted by Crippen LogP contribution is 2.37. The Morgan fingerprint density at radius 2 is 1.80 bits per heavy atom. The van der Waals surface area contributed by atoms with Crippen molar-refractivity contribution in [2.24, 2.45) is 10.9 Å². The molecule has 1 aliphatic rings. The van der Waals surface area contributed by atoms with Crippen LogP contribution in [-0.4, -0.2) is 9.49 Å². The maximum Gasteiger partial charge on any atom is 0.270 e. The van der Waals surface area contributed by atoms with Gasteiger partial charge in [-0.15, -0.1) is 11.3 Å². The molecule has 2 atom stereocenters. The van der Waals surface area contributed by atoms with Gasteiger partial charge in [-0.05, 0) is 43.7 Å². The second-order valence-electron chi connectivity index (χ2n) is 8.26. The fourth-order valence-electron chi connectivity index (χ4n) is 4.47. The summed E-state index contributed by atoms with van der Waals surface area (Å²) in [5.41, 5.74) is 5.35. The van der Waals surface area contributed by atoms with Crippen molar-refractivity contribution in [2.45, 2.75) is 52.5 Å². The van der Waals surface area contributed by atoms with E-state index in [1.807, 2.05) is 6.07 Å². The fourth-order valence-corrected chi connectivity index (χ4v) is 5.43. The number of nitrogens with zero attached hydrogens (tertiary/aromatic N) is 3. The molecule has 1 aromatic heterocycles. The van der Waals surface area contributed by atoms with Crippen LogP contribution in [0.1, 0.15) is 49.8 Å². The normalized spacial score (nSPS) is 19.8. The Labute approximate surface area is 180 Å². The Morgan fingerprint density at radius 3 is 2.50 bits per heavy atom. The number of nitro benzene ring substituents is 1. The average molecular weight is 422 g/mol. The van der Waals surface area contributed by atoms with Crippen LogP contribution in [0.25, 0.3) is 11.3 Å². The summed E-state index contributed by atoms with van der Waals surface area (Å²) in [5, 5.41) is 13.4. The van der Waals surface area contributed by atoms with E-state index in [1.54, 1.807) is 29.5 Å². The third kappa shape index (κ3) is 3.97. The molecule has 0 N–H and O–H groups in total. The van der Waals surface area contributed by atoms with Crippen molar-refractivity contribution in [2.75, 3.05) is 0 Å². The molecule has 2 aromatic carbocycles. The maximum absolute atomic E-state index is 11.3. The standard InChI is InChI=1S/C24H27N3O2S/c1-16-8-4-5-13-21(16)26-22(19-11-7-12-20(14-19)27(28)29)15-30-24(26)25-23-17(2)9-6-10-18(23)3/h6-7,9-12,14-16,21H,4-5,8,13H2,1-3H3. The number of para-hydroxylation sites is 1. The number of rotatable bonds is 4. The Hall–Kier alpha value is -2.73. The van der Waals surface area contributed by atoms with Crippen LogP contribution in [-0.2, 0) is 0 Å². The van der Waals surface area contributed by atoms with Crippen molar-refractivity contribution in [1.82, 2.24) is 4.57 Å². The van der Waals surface area contributed by atoms with Gasteiger partial charge in [0.15, 0.2) is 4.80 Å². The summed E-state index contributed by atoms with van der Waals surface area (Å²) in [7, 11) is 0. The first-order valence-corrected chi connectivity index (χ1v) is 11.4. The minimum Gasteiger partial charge on any atom is -0.313 e. The molecule has 1 heterocycles. The van der Waals surface area contributed by atoms with Gasteiger partial charge in [-0.25, -0.2) is 4.99 Å². The molecule has 1 saturated carbocycles. The molecule has 6 heteroatoms. The zero-order valence-corrected chi connectivity index (χ0v) is 18.5. The fraction of sp³-hybridized carbons (Fsp3) is 0.375. The van der Waals surface area contributed by atoms with Crippen molar-refractivity contribution >= 4 is 22.7 Å². The number of aromatic nitrogens is 1. The third-order valence-corrected chi connectivity index (χ3v) is 6.98. The molecule has 30 heavy (non-hydrogen) atoms. The molecule has 0 saturated heterocycles. The summed E-state index contributed by atoms with van der Waals surface area (Å²) in [6.45, 7) is 6.50. The number of thiazole rings is 1. The topological polar surface area (TPSA) is 60.4 Å². The van der Waals surface area contributed by atoms with E-state index in [4.69, 9.17) is 4.99 Å². The van der Waals surface area contributed by atoms with E-state index in [0.29, 0.717) is 12.0 Å². The molecule has 2 unspecified atom stereocenters. The molecular weight excluding hydrogens is 394 g/mol. The summed E-state index contributed by atoms with van der Waals surface area (Å²) in [5.74, 6) is 0.544. The van der Waals surface area contributed by atoms with Gasteiger partial charge in [0.2, 0.25) is 0 Å². The van der Waals surface area contributed by atoms with E-state index in [-0.39, 0.29) is 10.6 Å². The smallest absolute Gasteiger partial charge is 0.270 e. The summed E-state index contributed by atoms with van der Waals surface area (Å²) in [4.78, 5) is 17.1. The Kier molecular flexibility index (Phi) is 5.86. The molecule has 0 bridgehead atoms. The zero-order chi connectivity index (χ0) is 21.3. The number of hydrogen-bond acceptors (Lipinski definition) is 4. The van der Waals surface area contributed by atoms with Gasteiger partial charge in [0, 0.05) is 29.1 Å². The van der Waals surface area contributed by atoms with Crippen LogP contribution < -0.4 is 4.80 Å². The number of nitro groups is 1. The second kappa shape index (κ2) is 8.56. The highest BCUT2D eigenvalue weighted by molar-refractivity contribution is 7.07. The van der Waals surface area contributed by atoms with Gasteiger partial charge in [-0.3, -0.25) is 10.1 Å². The second-order valence-corrected chi connectivity index (χ2v) is 9.10. The lowest BCUT2D eigenvalue weighted by Crippen LogP contribution is -2.28. The van der Waals surface area contributed by atoms with E-state index in [2.05, 4.69) is 48.9 Å². The molecule has 5 nitrogen and oxygen atoms in total. The van der Waals surface area contributed by atoms with Crippen molar-refractivity contribution < 1.29 is 4.92 Å². The van der Waals surface area contributed by atoms with Gasteiger partial charge >= 0.3 is 0 Å². The summed E-state index contributed by atoms with van der Waals surface area (Å²) < 4.78 is 2.35. The average Bonchev–Trinajstić information content (AvgIpc) is 3.14. The summed E-state index contributed by atoms with van der Waals surface area (Å²) in [6.07, 6.45) is 4.78. The van der Waals surface area contributed by atoms with Crippen LogP contribution in [0.3, 0.4) is 0 Å². The number of aryl methyl sites for hydroxylation is 2. The lowest BCUT2D eigenvalue weighted by Gasteiger charge is -2.31. The molecule has 0 aliphatic heterocycles. The van der Waals surface area contributed by atoms with Crippen LogP contribution in [0.4, 0.5) is 11.4 Å². The van der Waals surface area contributed by atoms with Crippen molar-refractivity contribution in [3.63, 3.8) is 0 Å². The van der Waals surface area contributed by atoms with Gasteiger partial charge in [0.05, 0.1) is 16.3 Å². The Bertz CT molecular complexity index is 1130. The molecule has 3 aromatic rings. The first-order chi connectivity index (χ1) is 14.5. The summed E-state index contributed by atoms with van der Waals surface area (Å²) >= 11 is 1.62. The molecule has 0 spiro atoms. The van der Waals surface area contributed by atoms with Crippen LogP contribution in [0.2, 0.25) is 0 Å². The minimum atomic E-state index is -0.328. The van der Waals surface area contributed by atoms with Gasteiger partial charge in [0.1, 0.15) is 0 Å². The molecule has 0 amide bonds. The molecule has 156 valence electrons. The van der Waals surface area contributed by atoms with E-state index in [9.17, 15) is 10.1 Å². The predicted molar refractivity (Wildman–Crippen MR) is 122 cm³/mol. The largest absolute Gasteiger partial charge is 0.313 e. The van der Waals surface area contributed by atoms with Crippen LogP contribution >= 0.6 is 11.3 Å². The highest BCUT2D eigenvalue weighted by Gasteiger charge is 2.26. The van der Waals surface area contributed by atoms with E-state index >= 15 is 0 Å². The number of hydrogen-bond donors (Lipinski definition) is 0. The van der Waals surface area contributed by atoms with Crippen LogP contribution in [0, 0.1) is 29.9 Å². The molecule has 1 aliphatic carbocycles. The Balaban J connectivity index is 1.93. The van der Waals surface area contributed by atoms with Gasteiger partial charge in [-0.2, -0.15) is 0 Å². The highest BCUT2D eigenvalue weighted by atomic mass is 32.1. The zero-order valence-electron chi connectivity index (χ0n) is 17.7. The molecular formula is C24H27N3O2S. The van der Waals surface area contributed by atoms with Crippen molar-refractivity contribution in [3.05, 3.63) is 73.9 Å². The monoisotopic (exact) mass is 421 g/mol. The van der Waals surface area contributed by atoms with Crippen molar-refractivity contribution in [3.8, 4) is 11.3 Å². The summed E-state index contributed by atoms with van der Waals surface area (Å²) in [6, 6.07) is 13.5.